The molecule has 1 aromatic carbocycles. The van der Waals surface area contributed by atoms with Crippen LogP contribution in [-0.2, 0) is 0 Å². The fraction of sp³-hybridized carbons (Fsp3) is 0.417. The molecule has 1 amide bonds. The molecule has 0 saturated carbocycles. The van der Waals surface area contributed by atoms with E-state index in [2.05, 4.69) is 4.74 Å². The quantitative estimate of drug-likeness (QED) is 0.876. The van der Waals surface area contributed by atoms with Crippen LogP contribution in [-0.4, -0.2) is 35.2 Å². The van der Waals surface area contributed by atoms with E-state index >= 15 is 0 Å². The molecule has 1 aromatic rings. The molecule has 1 aliphatic heterocycles. The van der Waals surface area contributed by atoms with Crippen molar-refractivity contribution in [1.29, 1.82) is 0 Å². The fourth-order valence-electron chi connectivity index (χ4n) is 2.27. The van der Waals surface area contributed by atoms with E-state index in [-0.39, 0.29) is 18.2 Å². The minimum absolute atomic E-state index is 0.124. The predicted molar refractivity (Wildman–Crippen MR) is 63.2 cm³/mol. The Morgan fingerprint density at radius 1 is 1.35 bits per heavy atom. The van der Waals surface area contributed by atoms with Crippen molar-refractivity contribution in [2.45, 2.75) is 24.9 Å². The summed E-state index contributed by atoms with van der Waals surface area (Å²) in [4.78, 5) is 12.0. The normalized spacial score (nSPS) is 22.9. The van der Waals surface area contributed by atoms with Crippen molar-refractivity contribution in [3.05, 3.63) is 29.8 Å². The Labute approximate surface area is 112 Å². The van der Waals surface area contributed by atoms with Gasteiger partial charge in [0.2, 0.25) is 0 Å². The van der Waals surface area contributed by atoms with Crippen molar-refractivity contribution in [2.75, 3.05) is 6.54 Å². The maximum Gasteiger partial charge on any atom is 0.573 e. The number of benzene rings is 1. The number of ether oxygens (including phenoxy) is 1. The van der Waals surface area contributed by atoms with Crippen LogP contribution in [0.2, 0.25) is 0 Å². The van der Waals surface area contributed by atoms with Gasteiger partial charge in [-0.3, -0.25) is 4.90 Å². The van der Waals surface area contributed by atoms with Crippen LogP contribution in [0.1, 0.15) is 17.9 Å². The molecule has 8 heteroatoms. The van der Waals surface area contributed by atoms with Crippen molar-refractivity contribution in [3.8, 4) is 5.75 Å². The third kappa shape index (κ3) is 3.32. The lowest BCUT2D eigenvalue weighted by molar-refractivity contribution is -0.274. The second kappa shape index (κ2) is 5.20. The zero-order chi connectivity index (χ0) is 14.9. The monoisotopic (exact) mass is 290 g/mol. The molecule has 1 fully saturated rings. The molecule has 5 nitrogen and oxygen atoms in total. The van der Waals surface area contributed by atoms with Crippen molar-refractivity contribution in [1.82, 2.24) is 4.90 Å². The minimum atomic E-state index is -4.72. The number of carbonyl (C=O) groups is 1. The van der Waals surface area contributed by atoms with Crippen molar-refractivity contribution >= 4 is 6.09 Å². The SMILES string of the molecule is NC1CC(c2ccc(OC(F)(F)F)cc2)CN1C(=O)O. The number of halogens is 3. The average Bonchev–Trinajstić information content (AvgIpc) is 2.70. The minimum Gasteiger partial charge on any atom is -0.465 e. The molecule has 1 aliphatic rings. The van der Waals surface area contributed by atoms with Crippen LogP contribution >= 0.6 is 0 Å². The summed E-state index contributed by atoms with van der Waals surface area (Å²) in [6, 6.07) is 5.39. The first-order valence-corrected chi connectivity index (χ1v) is 5.87. The van der Waals surface area contributed by atoms with Crippen LogP contribution < -0.4 is 10.5 Å². The molecule has 0 radical (unpaired) electrons. The average molecular weight is 290 g/mol. The van der Waals surface area contributed by atoms with Gasteiger partial charge in [-0.15, -0.1) is 13.2 Å². The van der Waals surface area contributed by atoms with Crippen LogP contribution in [0.25, 0.3) is 0 Å². The molecule has 3 N–H and O–H groups in total. The summed E-state index contributed by atoms with van der Waals surface area (Å²) in [7, 11) is 0. The maximum atomic E-state index is 12.0. The van der Waals surface area contributed by atoms with E-state index in [1.165, 1.54) is 24.3 Å². The second-order valence-corrected chi connectivity index (χ2v) is 4.55. The summed E-state index contributed by atoms with van der Waals surface area (Å²) in [5.74, 6) is -0.431. The smallest absolute Gasteiger partial charge is 0.465 e. The van der Waals surface area contributed by atoms with Crippen LogP contribution in [0.4, 0.5) is 18.0 Å². The summed E-state index contributed by atoms with van der Waals surface area (Å²) >= 11 is 0. The first kappa shape index (κ1) is 14.4. The van der Waals surface area contributed by atoms with Crippen LogP contribution in [0, 0.1) is 0 Å². The first-order valence-electron chi connectivity index (χ1n) is 5.87. The number of likely N-dealkylation sites (tertiary alicyclic amines) is 1. The van der Waals surface area contributed by atoms with Gasteiger partial charge in [0, 0.05) is 12.5 Å². The molecule has 2 atom stereocenters. The number of alkyl halides is 3. The number of nitrogens with two attached hydrogens (primary N) is 1. The Morgan fingerprint density at radius 3 is 2.40 bits per heavy atom. The summed E-state index contributed by atoms with van der Waals surface area (Å²) < 4.78 is 39.8. The zero-order valence-electron chi connectivity index (χ0n) is 10.3. The van der Waals surface area contributed by atoms with Gasteiger partial charge in [0.05, 0.1) is 6.17 Å². The third-order valence-electron chi connectivity index (χ3n) is 3.17. The van der Waals surface area contributed by atoms with Crippen molar-refractivity contribution in [3.63, 3.8) is 0 Å². The molecule has 2 unspecified atom stereocenters. The van der Waals surface area contributed by atoms with Gasteiger partial charge >= 0.3 is 12.5 Å². The van der Waals surface area contributed by atoms with E-state index in [0.717, 1.165) is 10.5 Å². The Kier molecular flexibility index (Phi) is 3.76. The summed E-state index contributed by atoms with van der Waals surface area (Å²) in [6.07, 6.45) is -5.98. The topological polar surface area (TPSA) is 75.8 Å². The molecule has 2 rings (SSSR count). The highest BCUT2D eigenvalue weighted by Crippen LogP contribution is 2.31. The standard InChI is InChI=1S/C12H13F3N2O3/c13-12(14,15)20-9-3-1-7(2-4-9)8-5-10(16)17(6-8)11(18)19/h1-4,8,10H,5-6,16H2,(H,18,19). The lowest BCUT2D eigenvalue weighted by Gasteiger charge is -2.16. The summed E-state index contributed by atoms with van der Waals surface area (Å²) in [6.45, 7) is 0.232. The van der Waals surface area contributed by atoms with Gasteiger partial charge in [-0.2, -0.15) is 0 Å². The van der Waals surface area contributed by atoms with E-state index in [4.69, 9.17) is 10.8 Å². The van der Waals surface area contributed by atoms with Crippen molar-refractivity contribution in [2.24, 2.45) is 5.73 Å². The van der Waals surface area contributed by atoms with Crippen LogP contribution in [0.3, 0.4) is 0 Å². The molecule has 20 heavy (non-hydrogen) atoms. The highest BCUT2D eigenvalue weighted by molar-refractivity contribution is 5.66. The van der Waals surface area contributed by atoms with Gasteiger partial charge in [0.1, 0.15) is 5.75 Å². The largest absolute Gasteiger partial charge is 0.573 e. The van der Waals surface area contributed by atoms with E-state index < -0.39 is 18.6 Å². The number of hydrogen-bond donors (Lipinski definition) is 2. The van der Waals surface area contributed by atoms with E-state index in [9.17, 15) is 18.0 Å². The number of carboxylic acid groups (broad SMARTS) is 1. The number of rotatable bonds is 2. The molecule has 0 aliphatic carbocycles. The molecule has 110 valence electrons. The zero-order valence-corrected chi connectivity index (χ0v) is 10.3. The molecule has 0 bridgehead atoms. The van der Waals surface area contributed by atoms with Gasteiger partial charge in [0.25, 0.3) is 0 Å². The van der Waals surface area contributed by atoms with Gasteiger partial charge < -0.3 is 15.6 Å². The predicted octanol–water partition coefficient (Wildman–Crippen LogP) is 2.34. The third-order valence-corrected chi connectivity index (χ3v) is 3.17. The molecule has 1 saturated heterocycles. The Balaban J connectivity index is 2.06. The number of nitrogens with zero attached hydrogens (tertiary/aromatic N) is 1. The van der Waals surface area contributed by atoms with Crippen molar-refractivity contribution < 1.29 is 27.8 Å². The Morgan fingerprint density at radius 2 is 1.95 bits per heavy atom. The van der Waals surface area contributed by atoms with E-state index in [1.807, 2.05) is 0 Å². The number of amides is 1. The summed E-state index contributed by atoms with van der Waals surface area (Å²) in [5.41, 5.74) is 6.43. The van der Waals surface area contributed by atoms with E-state index in [1.54, 1.807) is 0 Å². The maximum absolute atomic E-state index is 12.0. The second-order valence-electron chi connectivity index (χ2n) is 4.55. The Bertz CT molecular complexity index is 490. The molecule has 0 spiro atoms. The van der Waals surface area contributed by atoms with Crippen LogP contribution in [0.15, 0.2) is 24.3 Å². The molecular formula is C12H13F3N2O3. The van der Waals surface area contributed by atoms with E-state index in [0.29, 0.717) is 6.42 Å². The first-order chi connectivity index (χ1) is 9.26. The number of hydrogen-bond acceptors (Lipinski definition) is 3. The highest BCUT2D eigenvalue weighted by atomic mass is 19.4. The van der Waals surface area contributed by atoms with Crippen LogP contribution in [0.5, 0.6) is 5.75 Å². The molecule has 0 aromatic heterocycles. The fourth-order valence-corrected chi connectivity index (χ4v) is 2.27. The Hall–Kier alpha value is -1.96. The summed E-state index contributed by atoms with van der Waals surface area (Å²) in [5, 5.41) is 8.92. The lowest BCUT2D eigenvalue weighted by Crippen LogP contribution is -2.40. The molecular weight excluding hydrogens is 277 g/mol. The molecule has 1 heterocycles. The highest BCUT2D eigenvalue weighted by Gasteiger charge is 2.34. The van der Waals surface area contributed by atoms with Gasteiger partial charge in [0.15, 0.2) is 0 Å². The van der Waals surface area contributed by atoms with Gasteiger partial charge in [-0.25, -0.2) is 4.79 Å². The van der Waals surface area contributed by atoms with Gasteiger partial charge in [-0.05, 0) is 24.1 Å². The van der Waals surface area contributed by atoms with Gasteiger partial charge in [-0.1, -0.05) is 12.1 Å². The lowest BCUT2D eigenvalue weighted by atomic mass is 9.98.